The van der Waals surface area contributed by atoms with E-state index in [1.165, 1.54) is 22.1 Å². The monoisotopic (exact) mass is 707 g/mol. The van der Waals surface area contributed by atoms with E-state index in [9.17, 15) is 0 Å². The summed E-state index contributed by atoms with van der Waals surface area (Å²) in [5.74, 6) is 0. The van der Waals surface area contributed by atoms with Gasteiger partial charge in [-0.3, -0.25) is 4.98 Å². The van der Waals surface area contributed by atoms with Gasteiger partial charge in [-0.15, -0.1) is 65.4 Å². The number of furan rings is 1. The summed E-state index contributed by atoms with van der Waals surface area (Å²) < 4.78 is 28.7. The second-order valence-corrected chi connectivity index (χ2v) is 10.3. The normalized spacial score (nSPS) is 12.3. The number of aryl methyl sites for hydroxylation is 4. The molecule has 0 unspecified atom stereocenters. The summed E-state index contributed by atoms with van der Waals surface area (Å²) in [6.07, 6.45) is 1.87. The number of hydrogen-bond donors (Lipinski definition) is 0. The maximum Gasteiger partial charge on any atom is 0.216 e. The van der Waals surface area contributed by atoms with Crippen LogP contribution in [0.3, 0.4) is 0 Å². The Morgan fingerprint density at radius 3 is 2.44 bits per heavy atom. The van der Waals surface area contributed by atoms with Gasteiger partial charge in [0.1, 0.15) is 4.83 Å². The van der Waals surface area contributed by atoms with E-state index >= 15 is 0 Å². The van der Waals surface area contributed by atoms with Gasteiger partial charge in [0, 0.05) is 51.8 Å². The van der Waals surface area contributed by atoms with Gasteiger partial charge in [-0.05, 0) is 62.3 Å². The molecule has 0 amide bonds. The number of rotatable bonds is 2. The zero-order valence-corrected chi connectivity index (χ0v) is 24.7. The van der Waals surface area contributed by atoms with Crippen LogP contribution in [0.1, 0.15) is 25.8 Å². The molecule has 5 heterocycles. The fourth-order valence-electron chi connectivity index (χ4n) is 4.35. The van der Waals surface area contributed by atoms with E-state index in [0.29, 0.717) is 11.3 Å². The molecule has 0 aliphatic heterocycles. The molecule has 0 N–H and O–H groups in total. The van der Waals surface area contributed by atoms with Crippen LogP contribution in [-0.2, 0) is 20.1 Å². The summed E-state index contributed by atoms with van der Waals surface area (Å²) in [6, 6.07) is 29.4. The third kappa shape index (κ3) is 5.28. The van der Waals surface area contributed by atoms with Crippen molar-refractivity contribution >= 4 is 43.6 Å². The van der Waals surface area contributed by atoms with Crippen molar-refractivity contribution in [3.05, 3.63) is 113 Å². The second kappa shape index (κ2) is 11.2. The van der Waals surface area contributed by atoms with Crippen molar-refractivity contribution in [1.82, 2.24) is 15.0 Å². The van der Waals surface area contributed by atoms with Crippen LogP contribution in [0.2, 0.25) is 0 Å². The molecule has 1 radical (unpaired) electrons. The molecule has 2 aromatic carbocycles. The topological polar surface area (TPSA) is 51.8 Å². The predicted molar refractivity (Wildman–Crippen MR) is 156 cm³/mol. The third-order valence-corrected chi connectivity index (χ3v) is 7.61. The van der Waals surface area contributed by atoms with E-state index in [0.717, 1.165) is 43.5 Å². The predicted octanol–water partition coefficient (Wildman–Crippen LogP) is 8.84. The molecule has 6 heteroatoms. The Morgan fingerprint density at radius 1 is 0.821 bits per heavy atom. The van der Waals surface area contributed by atoms with Gasteiger partial charge in [0.2, 0.25) is 5.71 Å². The van der Waals surface area contributed by atoms with E-state index in [-0.39, 0.29) is 25.8 Å². The van der Waals surface area contributed by atoms with Crippen LogP contribution in [0, 0.1) is 39.8 Å². The Balaban J connectivity index is 0.000000212. The van der Waals surface area contributed by atoms with Crippen molar-refractivity contribution in [2.75, 3.05) is 0 Å². The van der Waals surface area contributed by atoms with E-state index in [4.69, 9.17) is 13.5 Å². The molecule has 0 spiro atoms. The molecule has 4 nitrogen and oxygen atoms in total. The Hall–Kier alpha value is -3.70. The average Bonchev–Trinajstić information content (AvgIpc) is 3.49. The molecule has 0 saturated heterocycles. The maximum absolute atomic E-state index is 7.57. The largest absolute Gasteiger partial charge is 0.486 e. The summed E-state index contributed by atoms with van der Waals surface area (Å²) in [6.45, 7) is 3.96. The van der Waals surface area contributed by atoms with Crippen LogP contribution in [-0.4, -0.2) is 15.0 Å². The molecule has 0 aliphatic carbocycles. The zero-order chi connectivity index (χ0) is 28.7. The van der Waals surface area contributed by atoms with Gasteiger partial charge in [-0.25, -0.2) is 4.98 Å². The molecular formula is C33H25IrN3OS-2. The van der Waals surface area contributed by atoms with E-state index in [2.05, 4.69) is 48.1 Å². The molecule has 5 aromatic heterocycles. The van der Waals surface area contributed by atoms with Gasteiger partial charge in [-0.1, -0.05) is 35.2 Å². The smallest absolute Gasteiger partial charge is 0.216 e. The molecule has 0 aliphatic rings. The Morgan fingerprint density at radius 2 is 1.67 bits per heavy atom. The first-order valence-corrected chi connectivity index (χ1v) is 13.0. The number of fused-ring (bicyclic) bond motifs is 4. The fraction of sp³-hybridized carbons (Fsp3) is 0.121. The average molecular weight is 707 g/mol. The molecule has 0 fully saturated rings. The Kier molecular flexibility index (Phi) is 6.66. The minimum absolute atomic E-state index is 0. The maximum atomic E-state index is 7.57. The SMILES string of the molecule is Cc1ccc(-c2[c-]cccc2)nc1.[2H]C([2H])([2H])c1ccc2c(n1)oc1c(-c3ccc4c(C)c(C)sc4n3)[c-]ccc12.[Ir]. The van der Waals surface area contributed by atoms with Crippen molar-refractivity contribution in [3.8, 4) is 22.5 Å². The summed E-state index contributed by atoms with van der Waals surface area (Å²) in [4.78, 5) is 15.6. The van der Waals surface area contributed by atoms with Gasteiger partial charge in [0.25, 0.3) is 0 Å². The van der Waals surface area contributed by atoms with Crippen LogP contribution in [0.15, 0.2) is 83.4 Å². The summed E-state index contributed by atoms with van der Waals surface area (Å²) >= 11 is 1.67. The van der Waals surface area contributed by atoms with Gasteiger partial charge >= 0.3 is 0 Å². The second-order valence-electron chi connectivity index (χ2n) is 9.08. The Bertz CT molecular complexity index is 2020. The molecular weight excluding hydrogens is 679 g/mol. The van der Waals surface area contributed by atoms with Crippen molar-refractivity contribution in [1.29, 1.82) is 0 Å². The van der Waals surface area contributed by atoms with E-state index < -0.39 is 6.85 Å². The Labute approximate surface area is 249 Å². The summed E-state index contributed by atoms with van der Waals surface area (Å²) in [7, 11) is 0. The molecule has 7 rings (SSSR count). The zero-order valence-electron chi connectivity index (χ0n) is 24.5. The van der Waals surface area contributed by atoms with E-state index in [1.807, 2.05) is 61.7 Å². The van der Waals surface area contributed by atoms with Crippen molar-refractivity contribution < 1.29 is 28.6 Å². The summed E-state index contributed by atoms with van der Waals surface area (Å²) in [5.41, 5.74) is 6.93. The first kappa shape index (κ1) is 23.2. The van der Waals surface area contributed by atoms with Gasteiger partial charge in [0.05, 0.1) is 5.58 Å². The van der Waals surface area contributed by atoms with Crippen LogP contribution in [0.5, 0.6) is 0 Å². The van der Waals surface area contributed by atoms with E-state index in [1.54, 1.807) is 17.4 Å². The van der Waals surface area contributed by atoms with Crippen LogP contribution < -0.4 is 0 Å². The first-order chi connectivity index (χ1) is 19.7. The molecule has 195 valence electrons. The van der Waals surface area contributed by atoms with Crippen molar-refractivity contribution in [2.24, 2.45) is 0 Å². The van der Waals surface area contributed by atoms with Gasteiger partial charge < -0.3 is 9.40 Å². The number of pyridine rings is 3. The quantitative estimate of drug-likeness (QED) is 0.169. The molecule has 0 bridgehead atoms. The number of nitrogens with zero attached hydrogens (tertiary/aromatic N) is 3. The first-order valence-electron chi connectivity index (χ1n) is 13.7. The van der Waals surface area contributed by atoms with Crippen LogP contribution in [0.25, 0.3) is 54.8 Å². The van der Waals surface area contributed by atoms with Crippen LogP contribution >= 0.6 is 11.3 Å². The summed E-state index contributed by atoms with van der Waals surface area (Å²) in [5, 5.41) is 2.81. The van der Waals surface area contributed by atoms with Crippen molar-refractivity contribution in [3.63, 3.8) is 0 Å². The van der Waals surface area contributed by atoms with Gasteiger partial charge in [-0.2, -0.15) is 0 Å². The molecule has 39 heavy (non-hydrogen) atoms. The number of thiophene rings is 1. The minimum Gasteiger partial charge on any atom is -0.486 e. The molecule has 0 saturated carbocycles. The van der Waals surface area contributed by atoms with Gasteiger partial charge in [0.15, 0.2) is 0 Å². The molecule has 7 aromatic rings. The molecule has 0 atom stereocenters. The number of hydrogen-bond acceptors (Lipinski definition) is 5. The number of benzene rings is 2. The third-order valence-electron chi connectivity index (χ3n) is 6.49. The number of aromatic nitrogens is 3. The van der Waals surface area contributed by atoms with Crippen LogP contribution in [0.4, 0.5) is 0 Å². The standard InChI is InChI=1S/C21H15N2OS.C12H10N.Ir/c1-11-7-8-16-15-5-4-6-17(19(15)24-20(16)22-11)18-10-9-14-12(2)13(3)25-21(14)23-18;1-10-7-8-12(13-9-10)11-5-3-2-4-6-11;/h4-5,7-10H,1-3H3;2-5,7-9H,1H3;/q2*-1;/i1D3;;. The minimum atomic E-state index is -2.27. The van der Waals surface area contributed by atoms with Crippen molar-refractivity contribution in [2.45, 2.75) is 27.6 Å². The fourth-order valence-corrected chi connectivity index (χ4v) is 5.37.